The normalized spacial score (nSPS) is 14.0. The van der Waals surface area contributed by atoms with Crippen molar-refractivity contribution in [3.63, 3.8) is 0 Å². The summed E-state index contributed by atoms with van der Waals surface area (Å²) in [5.41, 5.74) is 4.68. The van der Waals surface area contributed by atoms with E-state index in [1.807, 2.05) is 4.57 Å². The van der Waals surface area contributed by atoms with Gasteiger partial charge in [-0.05, 0) is 25.7 Å². The van der Waals surface area contributed by atoms with E-state index < -0.39 is 0 Å². The molecule has 0 fully saturated rings. The first-order valence-electron chi connectivity index (χ1n) is 6.14. The molecule has 8 nitrogen and oxygen atoms in total. The Labute approximate surface area is 110 Å². The molecule has 3 N–H and O–H groups in total. The fourth-order valence-corrected chi connectivity index (χ4v) is 2.25. The number of nitrogens with one attached hydrogen (secondary N) is 1. The number of aromatic nitrogens is 5. The number of hydrazine groups is 1. The van der Waals surface area contributed by atoms with E-state index in [1.165, 1.54) is 13.5 Å². The average molecular weight is 261 g/mol. The summed E-state index contributed by atoms with van der Waals surface area (Å²) in [6.45, 7) is 0. The van der Waals surface area contributed by atoms with E-state index in [1.54, 1.807) is 6.33 Å². The van der Waals surface area contributed by atoms with Crippen LogP contribution in [-0.4, -0.2) is 31.6 Å². The Morgan fingerprint density at radius 2 is 2.11 bits per heavy atom. The van der Waals surface area contributed by atoms with Crippen LogP contribution in [0, 0.1) is 0 Å². The van der Waals surface area contributed by atoms with Gasteiger partial charge in [-0.2, -0.15) is 15.0 Å². The van der Waals surface area contributed by atoms with E-state index in [0.717, 1.165) is 30.7 Å². The van der Waals surface area contributed by atoms with Gasteiger partial charge in [0.05, 0.1) is 12.8 Å². The largest absolute Gasteiger partial charge is 0.467 e. The second-order valence-electron chi connectivity index (χ2n) is 4.31. The van der Waals surface area contributed by atoms with Crippen LogP contribution in [0.15, 0.2) is 6.33 Å². The molecule has 0 saturated heterocycles. The van der Waals surface area contributed by atoms with Crippen molar-refractivity contribution in [2.45, 2.75) is 25.7 Å². The van der Waals surface area contributed by atoms with Crippen LogP contribution in [0.25, 0.3) is 5.95 Å². The van der Waals surface area contributed by atoms with Gasteiger partial charge in [0.15, 0.2) is 0 Å². The number of fused-ring (bicyclic) bond motifs is 1. The minimum absolute atomic E-state index is 0.219. The monoisotopic (exact) mass is 261 g/mol. The highest BCUT2D eigenvalue weighted by atomic mass is 16.5. The molecule has 0 radical (unpaired) electrons. The van der Waals surface area contributed by atoms with E-state index in [2.05, 4.69) is 25.4 Å². The number of anilines is 1. The minimum Gasteiger partial charge on any atom is -0.467 e. The Balaban J connectivity index is 2.08. The van der Waals surface area contributed by atoms with E-state index >= 15 is 0 Å². The summed E-state index contributed by atoms with van der Waals surface area (Å²) >= 11 is 0. The second-order valence-corrected chi connectivity index (χ2v) is 4.31. The van der Waals surface area contributed by atoms with E-state index in [-0.39, 0.29) is 12.0 Å². The number of hydrogen-bond acceptors (Lipinski definition) is 7. The van der Waals surface area contributed by atoms with Crippen molar-refractivity contribution < 1.29 is 4.74 Å². The smallest absolute Gasteiger partial charge is 0.322 e. The maximum Gasteiger partial charge on any atom is 0.322 e. The van der Waals surface area contributed by atoms with Crippen molar-refractivity contribution in [2.75, 3.05) is 12.5 Å². The first-order chi connectivity index (χ1) is 9.31. The van der Waals surface area contributed by atoms with Crippen molar-refractivity contribution >= 4 is 5.95 Å². The highest BCUT2D eigenvalue weighted by molar-refractivity contribution is 5.32. The van der Waals surface area contributed by atoms with Gasteiger partial charge in [0.2, 0.25) is 11.9 Å². The third kappa shape index (κ3) is 2.10. The predicted octanol–water partition coefficient (Wildman–Crippen LogP) is 0.230. The van der Waals surface area contributed by atoms with Crippen molar-refractivity contribution in [1.29, 1.82) is 0 Å². The lowest BCUT2D eigenvalue weighted by molar-refractivity contribution is 0.378. The van der Waals surface area contributed by atoms with Crippen LogP contribution in [0.3, 0.4) is 0 Å². The van der Waals surface area contributed by atoms with Crippen LogP contribution < -0.4 is 16.0 Å². The summed E-state index contributed by atoms with van der Waals surface area (Å²) in [5.74, 6) is 6.08. The Morgan fingerprint density at radius 3 is 2.89 bits per heavy atom. The Morgan fingerprint density at radius 1 is 1.26 bits per heavy atom. The topological polar surface area (TPSA) is 104 Å². The van der Waals surface area contributed by atoms with Gasteiger partial charge in [-0.1, -0.05) is 0 Å². The zero-order valence-corrected chi connectivity index (χ0v) is 10.6. The number of imidazole rings is 1. The van der Waals surface area contributed by atoms with Gasteiger partial charge in [0, 0.05) is 5.69 Å². The molecule has 19 heavy (non-hydrogen) atoms. The van der Waals surface area contributed by atoms with Crippen LogP contribution in [0.5, 0.6) is 6.01 Å². The van der Waals surface area contributed by atoms with Gasteiger partial charge >= 0.3 is 6.01 Å². The molecule has 0 aliphatic heterocycles. The molecule has 0 atom stereocenters. The molecule has 3 rings (SSSR count). The number of nitrogens with two attached hydrogens (primary N) is 1. The Hall–Kier alpha value is -2.22. The molecule has 100 valence electrons. The lowest BCUT2D eigenvalue weighted by Gasteiger charge is -2.13. The van der Waals surface area contributed by atoms with E-state index in [0.29, 0.717) is 5.95 Å². The molecule has 2 heterocycles. The lowest BCUT2D eigenvalue weighted by atomic mass is 10.0. The van der Waals surface area contributed by atoms with Crippen LogP contribution in [-0.2, 0) is 12.8 Å². The molecule has 2 aromatic heterocycles. The summed E-state index contributed by atoms with van der Waals surface area (Å²) < 4.78 is 6.92. The predicted molar refractivity (Wildman–Crippen MR) is 68.0 cm³/mol. The van der Waals surface area contributed by atoms with Crippen molar-refractivity contribution in [3.05, 3.63) is 17.7 Å². The molecule has 8 heteroatoms. The molecule has 0 aromatic carbocycles. The number of nitrogen functional groups attached to an aromatic ring is 1. The molecule has 0 unspecified atom stereocenters. The summed E-state index contributed by atoms with van der Waals surface area (Å²) in [7, 11) is 1.50. The van der Waals surface area contributed by atoms with Gasteiger partial charge < -0.3 is 4.74 Å². The third-order valence-corrected chi connectivity index (χ3v) is 3.16. The molecule has 1 aliphatic carbocycles. The molecule has 0 bridgehead atoms. The maximum absolute atomic E-state index is 5.35. The number of hydrogen-bond donors (Lipinski definition) is 2. The highest BCUT2D eigenvalue weighted by Crippen LogP contribution is 2.22. The molecule has 0 spiro atoms. The minimum atomic E-state index is 0.219. The molecule has 1 aliphatic rings. The molecular weight excluding hydrogens is 246 g/mol. The molecule has 0 amide bonds. The van der Waals surface area contributed by atoms with Crippen LogP contribution in [0.2, 0.25) is 0 Å². The van der Waals surface area contributed by atoms with Gasteiger partial charge in [-0.15, -0.1) is 0 Å². The number of methoxy groups -OCH3 is 1. The van der Waals surface area contributed by atoms with Crippen molar-refractivity contribution in [3.8, 4) is 12.0 Å². The molecule has 2 aromatic rings. The summed E-state index contributed by atoms with van der Waals surface area (Å²) in [5, 5.41) is 0. The summed E-state index contributed by atoms with van der Waals surface area (Å²) in [6, 6.07) is 0.219. The number of nitrogens with zero attached hydrogens (tertiary/aromatic N) is 5. The fraction of sp³-hybridized carbons (Fsp3) is 0.455. The first kappa shape index (κ1) is 11.8. The van der Waals surface area contributed by atoms with Gasteiger partial charge in [0.1, 0.15) is 6.33 Å². The zero-order valence-electron chi connectivity index (χ0n) is 10.6. The van der Waals surface area contributed by atoms with Crippen LogP contribution >= 0.6 is 0 Å². The summed E-state index contributed by atoms with van der Waals surface area (Å²) in [4.78, 5) is 16.9. The maximum atomic E-state index is 5.35. The van der Waals surface area contributed by atoms with Crippen LogP contribution in [0.4, 0.5) is 5.95 Å². The first-order valence-corrected chi connectivity index (χ1v) is 6.14. The van der Waals surface area contributed by atoms with Crippen molar-refractivity contribution in [2.24, 2.45) is 5.84 Å². The quantitative estimate of drug-likeness (QED) is 0.602. The number of ether oxygens (including phenoxy) is 1. The highest BCUT2D eigenvalue weighted by Gasteiger charge is 2.18. The summed E-state index contributed by atoms with van der Waals surface area (Å²) in [6.07, 6.45) is 6.06. The van der Waals surface area contributed by atoms with Gasteiger partial charge in [-0.3, -0.25) is 9.99 Å². The molecule has 0 saturated carbocycles. The van der Waals surface area contributed by atoms with E-state index in [4.69, 9.17) is 10.6 Å². The standard InChI is InChI=1S/C11H15N7O/c1-19-11-15-9(17-12)14-10(16-11)18-6-13-7-4-2-3-5-8(7)18/h6H,2-5,12H2,1H3,(H,14,15,16,17). The van der Waals surface area contributed by atoms with E-state index in [9.17, 15) is 0 Å². The number of rotatable bonds is 3. The number of aryl methyl sites for hydroxylation is 1. The Bertz CT molecular complexity index is 572. The van der Waals surface area contributed by atoms with Crippen LogP contribution in [0.1, 0.15) is 24.2 Å². The third-order valence-electron chi connectivity index (χ3n) is 3.16. The van der Waals surface area contributed by atoms with Crippen molar-refractivity contribution in [1.82, 2.24) is 24.5 Å². The zero-order chi connectivity index (χ0) is 13.2. The molecular formula is C11H15N7O. The average Bonchev–Trinajstić information content (AvgIpc) is 2.90. The van der Waals surface area contributed by atoms with Gasteiger partial charge in [-0.25, -0.2) is 10.8 Å². The SMILES string of the molecule is COc1nc(NN)nc(-n2cnc3c2CCCC3)n1. The Kier molecular flexibility index (Phi) is 3.00. The fourth-order valence-electron chi connectivity index (χ4n) is 2.25. The second kappa shape index (κ2) is 4.81. The van der Waals surface area contributed by atoms with Gasteiger partial charge in [0.25, 0.3) is 0 Å². The lowest BCUT2D eigenvalue weighted by Crippen LogP contribution is -2.15.